The molecule has 0 aliphatic carbocycles. The number of hydrogen-bond donors (Lipinski definition) is 3. The summed E-state index contributed by atoms with van der Waals surface area (Å²) < 4.78 is 11.0. The number of nitrogens with zero attached hydrogens (tertiary/aromatic N) is 1. The van der Waals surface area contributed by atoms with Crippen molar-refractivity contribution in [2.24, 2.45) is 5.73 Å². The van der Waals surface area contributed by atoms with Crippen molar-refractivity contribution in [3.05, 3.63) is 30.5 Å². The van der Waals surface area contributed by atoms with Gasteiger partial charge in [-0.25, -0.2) is 4.98 Å². The smallest absolute Gasteiger partial charge is 0.236 e. The summed E-state index contributed by atoms with van der Waals surface area (Å²) in [7, 11) is 0. The van der Waals surface area contributed by atoms with Crippen molar-refractivity contribution in [3.63, 3.8) is 0 Å². The molecule has 0 saturated heterocycles. The monoisotopic (exact) mass is 301 g/mol. The predicted octanol–water partition coefficient (Wildman–Crippen LogP) is 1.12. The van der Waals surface area contributed by atoms with Gasteiger partial charge < -0.3 is 25.6 Å². The molecular formula is C15H15N3O4. The summed E-state index contributed by atoms with van der Waals surface area (Å²) >= 11 is 0. The van der Waals surface area contributed by atoms with Crippen LogP contribution in [-0.2, 0) is 4.79 Å². The lowest BCUT2D eigenvalue weighted by Gasteiger charge is -2.19. The van der Waals surface area contributed by atoms with Crippen molar-refractivity contribution in [2.75, 3.05) is 25.1 Å². The third kappa shape index (κ3) is 2.88. The minimum Gasteiger partial charge on any atom is -0.504 e. The van der Waals surface area contributed by atoms with Gasteiger partial charge in [0.15, 0.2) is 23.1 Å². The second-order valence-corrected chi connectivity index (χ2v) is 4.77. The third-order valence-electron chi connectivity index (χ3n) is 3.17. The number of primary amides is 1. The van der Waals surface area contributed by atoms with Crippen LogP contribution in [0, 0.1) is 0 Å². The third-order valence-corrected chi connectivity index (χ3v) is 3.17. The highest BCUT2D eigenvalue weighted by atomic mass is 16.6. The molecular weight excluding hydrogens is 286 g/mol. The number of anilines is 1. The van der Waals surface area contributed by atoms with Crippen molar-refractivity contribution in [1.82, 2.24) is 4.98 Å². The van der Waals surface area contributed by atoms with Crippen molar-refractivity contribution in [1.29, 1.82) is 0 Å². The number of carbonyl (C=O) groups is 1. The van der Waals surface area contributed by atoms with Gasteiger partial charge in [0, 0.05) is 11.8 Å². The lowest BCUT2D eigenvalue weighted by molar-refractivity contribution is -0.116. The first-order valence-electron chi connectivity index (χ1n) is 6.74. The minimum atomic E-state index is -0.530. The Balaban J connectivity index is 1.86. The number of aromatic hydroxyl groups is 1. The van der Waals surface area contributed by atoms with Crippen LogP contribution < -0.4 is 20.5 Å². The molecule has 7 nitrogen and oxygen atoms in total. The van der Waals surface area contributed by atoms with E-state index in [0.717, 1.165) is 11.1 Å². The molecule has 3 rings (SSSR count). The van der Waals surface area contributed by atoms with E-state index in [-0.39, 0.29) is 18.1 Å². The maximum Gasteiger partial charge on any atom is 0.236 e. The van der Waals surface area contributed by atoms with Gasteiger partial charge in [0.25, 0.3) is 0 Å². The second kappa shape index (κ2) is 5.80. The van der Waals surface area contributed by atoms with E-state index >= 15 is 0 Å². The summed E-state index contributed by atoms with van der Waals surface area (Å²) in [6.45, 7) is 0.953. The first-order valence-corrected chi connectivity index (χ1v) is 6.74. The highest BCUT2D eigenvalue weighted by Crippen LogP contribution is 2.35. The molecule has 0 fully saturated rings. The van der Waals surface area contributed by atoms with Crippen LogP contribution in [0.3, 0.4) is 0 Å². The number of hydrogen-bond acceptors (Lipinski definition) is 6. The van der Waals surface area contributed by atoms with E-state index in [9.17, 15) is 9.90 Å². The standard InChI is InChI=1S/C15H15N3O4/c16-14(20)8-18-15-11(19)5-10(7-17-15)9-1-2-12-13(6-9)22-4-3-21-12/h1-2,5-7,19H,3-4,8H2,(H2,16,20)(H,17,18). The van der Waals surface area contributed by atoms with Gasteiger partial charge in [0.2, 0.25) is 5.91 Å². The van der Waals surface area contributed by atoms with Crippen LogP contribution in [-0.4, -0.2) is 35.8 Å². The van der Waals surface area contributed by atoms with E-state index < -0.39 is 5.91 Å². The summed E-state index contributed by atoms with van der Waals surface area (Å²) in [4.78, 5) is 14.8. The maximum atomic E-state index is 10.7. The van der Waals surface area contributed by atoms with Gasteiger partial charge in [0.1, 0.15) is 13.2 Å². The first kappa shape index (κ1) is 14.0. The summed E-state index contributed by atoms with van der Waals surface area (Å²) in [6.07, 6.45) is 1.59. The van der Waals surface area contributed by atoms with E-state index in [1.165, 1.54) is 0 Å². The fourth-order valence-corrected chi connectivity index (χ4v) is 2.14. The zero-order valence-electron chi connectivity index (χ0n) is 11.7. The van der Waals surface area contributed by atoms with Crippen LogP contribution >= 0.6 is 0 Å². The summed E-state index contributed by atoms with van der Waals surface area (Å²) in [5, 5.41) is 12.6. The van der Waals surface area contributed by atoms with Crippen LogP contribution in [0.15, 0.2) is 30.5 Å². The number of nitrogens with two attached hydrogens (primary N) is 1. The Morgan fingerprint density at radius 3 is 2.73 bits per heavy atom. The molecule has 1 amide bonds. The number of benzene rings is 1. The van der Waals surface area contributed by atoms with Gasteiger partial charge in [-0.15, -0.1) is 0 Å². The van der Waals surface area contributed by atoms with Gasteiger partial charge >= 0.3 is 0 Å². The molecule has 0 spiro atoms. The Kier molecular flexibility index (Phi) is 3.69. The number of amides is 1. The van der Waals surface area contributed by atoms with E-state index in [1.54, 1.807) is 12.3 Å². The van der Waals surface area contributed by atoms with Crippen LogP contribution in [0.2, 0.25) is 0 Å². The zero-order valence-corrected chi connectivity index (χ0v) is 11.7. The highest BCUT2D eigenvalue weighted by molar-refractivity contribution is 5.79. The number of aromatic nitrogens is 1. The fourth-order valence-electron chi connectivity index (χ4n) is 2.14. The van der Waals surface area contributed by atoms with Gasteiger partial charge in [-0.3, -0.25) is 4.79 Å². The molecule has 2 heterocycles. The molecule has 2 aromatic rings. The van der Waals surface area contributed by atoms with Crippen LogP contribution in [0.25, 0.3) is 11.1 Å². The molecule has 1 aliphatic heterocycles. The Hall–Kier alpha value is -2.96. The fraction of sp³-hybridized carbons (Fsp3) is 0.200. The van der Waals surface area contributed by atoms with Gasteiger partial charge in [-0.05, 0) is 23.8 Å². The molecule has 0 saturated carbocycles. The molecule has 1 aromatic carbocycles. The number of carbonyl (C=O) groups excluding carboxylic acids is 1. The maximum absolute atomic E-state index is 10.7. The second-order valence-electron chi connectivity index (χ2n) is 4.77. The molecule has 0 atom stereocenters. The SMILES string of the molecule is NC(=O)CNc1ncc(-c2ccc3c(c2)OCCO3)cc1O. The van der Waals surface area contributed by atoms with Crippen molar-refractivity contribution >= 4 is 11.7 Å². The van der Waals surface area contributed by atoms with Crippen LogP contribution in [0.5, 0.6) is 17.2 Å². The first-order chi connectivity index (χ1) is 10.6. The molecule has 0 bridgehead atoms. The Bertz CT molecular complexity index is 718. The molecule has 22 heavy (non-hydrogen) atoms. The Labute approximate surface area is 126 Å². The summed E-state index contributed by atoms with van der Waals surface area (Å²) in [6, 6.07) is 7.07. The van der Waals surface area contributed by atoms with Crippen molar-refractivity contribution in [3.8, 4) is 28.4 Å². The Morgan fingerprint density at radius 2 is 2.00 bits per heavy atom. The molecule has 0 radical (unpaired) electrons. The van der Waals surface area contributed by atoms with E-state index in [4.69, 9.17) is 15.2 Å². The minimum absolute atomic E-state index is 0.0614. The number of nitrogens with one attached hydrogen (secondary N) is 1. The quantitative estimate of drug-likeness (QED) is 0.781. The largest absolute Gasteiger partial charge is 0.504 e. The lowest BCUT2D eigenvalue weighted by Crippen LogP contribution is -2.22. The normalized spacial score (nSPS) is 12.7. The number of pyridine rings is 1. The van der Waals surface area contributed by atoms with Crippen molar-refractivity contribution in [2.45, 2.75) is 0 Å². The lowest BCUT2D eigenvalue weighted by atomic mass is 10.1. The van der Waals surface area contributed by atoms with Crippen LogP contribution in [0.1, 0.15) is 0 Å². The number of ether oxygens (including phenoxy) is 2. The van der Waals surface area contributed by atoms with Gasteiger partial charge in [-0.1, -0.05) is 6.07 Å². The van der Waals surface area contributed by atoms with E-state index in [0.29, 0.717) is 24.7 Å². The molecule has 1 aliphatic rings. The number of rotatable bonds is 4. The Morgan fingerprint density at radius 1 is 1.23 bits per heavy atom. The zero-order chi connectivity index (χ0) is 15.5. The summed E-state index contributed by atoms with van der Waals surface area (Å²) in [5.41, 5.74) is 6.60. The van der Waals surface area contributed by atoms with Gasteiger partial charge in [-0.2, -0.15) is 0 Å². The predicted molar refractivity (Wildman–Crippen MR) is 80.0 cm³/mol. The molecule has 0 unspecified atom stereocenters. The molecule has 4 N–H and O–H groups in total. The van der Waals surface area contributed by atoms with Crippen LogP contribution in [0.4, 0.5) is 5.82 Å². The van der Waals surface area contributed by atoms with Gasteiger partial charge in [0.05, 0.1) is 6.54 Å². The molecule has 1 aromatic heterocycles. The molecule has 7 heteroatoms. The average Bonchev–Trinajstić information content (AvgIpc) is 2.53. The molecule has 114 valence electrons. The van der Waals surface area contributed by atoms with Crippen molar-refractivity contribution < 1.29 is 19.4 Å². The summed E-state index contributed by atoms with van der Waals surface area (Å²) in [5.74, 6) is 0.983. The number of fused-ring (bicyclic) bond motifs is 1. The van der Waals surface area contributed by atoms with E-state index in [1.807, 2.05) is 18.2 Å². The topological polar surface area (TPSA) is 107 Å². The van der Waals surface area contributed by atoms with E-state index in [2.05, 4.69) is 10.3 Å². The average molecular weight is 301 g/mol. The highest BCUT2D eigenvalue weighted by Gasteiger charge is 2.13.